The smallest absolute Gasteiger partial charge is 0.140 e. The zero-order chi connectivity index (χ0) is 10.6. The fraction of sp³-hybridized carbons (Fsp3) is 0.100. The van der Waals surface area contributed by atoms with Crippen LogP contribution in [0.25, 0.3) is 0 Å². The molecule has 14 heavy (non-hydrogen) atoms. The molecule has 2 N–H and O–H groups in total. The van der Waals surface area contributed by atoms with Crippen molar-refractivity contribution in [2.75, 3.05) is 12.3 Å². The number of nitrogen functional groups attached to an aromatic ring is 1. The van der Waals surface area contributed by atoms with Crippen molar-refractivity contribution in [3.63, 3.8) is 0 Å². The van der Waals surface area contributed by atoms with Crippen LogP contribution in [0.4, 0.5) is 5.69 Å². The van der Waals surface area contributed by atoms with Crippen LogP contribution < -0.4 is 10.5 Å². The van der Waals surface area contributed by atoms with Gasteiger partial charge in [-0.2, -0.15) is 5.26 Å². The van der Waals surface area contributed by atoms with Crippen molar-refractivity contribution < 1.29 is 4.74 Å². The summed E-state index contributed by atoms with van der Waals surface area (Å²) in [6.45, 7) is 3.88. The van der Waals surface area contributed by atoms with E-state index in [0.29, 0.717) is 23.6 Å². The van der Waals surface area contributed by atoms with Crippen LogP contribution >= 0.6 is 15.9 Å². The second-order valence-corrected chi connectivity index (χ2v) is 3.50. The van der Waals surface area contributed by atoms with Crippen molar-refractivity contribution in [3.05, 3.63) is 34.8 Å². The predicted octanol–water partition coefficient (Wildman–Crippen LogP) is 2.47. The molecule has 1 aromatic carbocycles. The van der Waals surface area contributed by atoms with E-state index in [-0.39, 0.29) is 0 Å². The number of rotatable bonds is 3. The van der Waals surface area contributed by atoms with Crippen molar-refractivity contribution >= 4 is 21.6 Å². The minimum absolute atomic E-state index is 0.352. The summed E-state index contributed by atoms with van der Waals surface area (Å²) >= 11 is 3.27. The molecule has 0 heterocycles. The van der Waals surface area contributed by atoms with Gasteiger partial charge in [-0.3, -0.25) is 0 Å². The number of halogens is 1. The largest absolute Gasteiger partial charge is 0.488 e. The second kappa shape index (κ2) is 4.68. The highest BCUT2D eigenvalue weighted by atomic mass is 79.9. The maximum absolute atomic E-state index is 8.84. The number of nitriles is 1. The molecule has 0 saturated carbocycles. The third kappa shape index (κ3) is 2.27. The highest BCUT2D eigenvalue weighted by Crippen LogP contribution is 2.28. The van der Waals surface area contributed by atoms with Crippen molar-refractivity contribution in [3.8, 4) is 11.8 Å². The highest BCUT2D eigenvalue weighted by Gasteiger charge is 2.08. The first-order valence-electron chi connectivity index (χ1n) is 3.92. The topological polar surface area (TPSA) is 59.0 Å². The van der Waals surface area contributed by atoms with Crippen LogP contribution in [0.15, 0.2) is 29.3 Å². The second-order valence-electron chi connectivity index (χ2n) is 2.58. The predicted molar refractivity (Wildman–Crippen MR) is 59.0 cm³/mol. The minimum atomic E-state index is 0.352. The van der Waals surface area contributed by atoms with Gasteiger partial charge >= 0.3 is 0 Å². The number of nitrogens with zero attached hydrogens (tertiary/aromatic N) is 1. The summed E-state index contributed by atoms with van der Waals surface area (Å²) in [7, 11) is 0. The number of benzene rings is 1. The highest BCUT2D eigenvalue weighted by molar-refractivity contribution is 9.10. The van der Waals surface area contributed by atoms with Crippen LogP contribution in [0.2, 0.25) is 0 Å². The van der Waals surface area contributed by atoms with Crippen molar-refractivity contribution in [2.45, 2.75) is 0 Å². The Morgan fingerprint density at radius 3 is 2.93 bits per heavy atom. The lowest BCUT2D eigenvalue weighted by Gasteiger charge is -2.07. The summed E-state index contributed by atoms with van der Waals surface area (Å²) in [6.07, 6.45) is 1.61. The van der Waals surface area contributed by atoms with Gasteiger partial charge < -0.3 is 10.5 Å². The quantitative estimate of drug-likeness (QED) is 0.664. The minimum Gasteiger partial charge on any atom is -0.488 e. The molecule has 0 atom stereocenters. The molecule has 4 heteroatoms. The number of anilines is 1. The van der Waals surface area contributed by atoms with E-state index in [1.165, 1.54) is 0 Å². The molecular weight excluding hydrogens is 244 g/mol. The molecule has 0 amide bonds. The van der Waals surface area contributed by atoms with E-state index in [0.717, 1.165) is 4.47 Å². The van der Waals surface area contributed by atoms with Gasteiger partial charge in [0, 0.05) is 4.47 Å². The van der Waals surface area contributed by atoms with Crippen LogP contribution in [0.3, 0.4) is 0 Å². The van der Waals surface area contributed by atoms with E-state index in [1.54, 1.807) is 18.2 Å². The number of hydrogen-bond acceptors (Lipinski definition) is 3. The molecule has 0 bridgehead atoms. The molecule has 0 aliphatic heterocycles. The fourth-order valence-electron chi connectivity index (χ4n) is 0.984. The first-order valence-corrected chi connectivity index (χ1v) is 4.71. The van der Waals surface area contributed by atoms with Crippen LogP contribution in [0.5, 0.6) is 5.75 Å². The Hall–Kier alpha value is -1.47. The SMILES string of the molecule is C=CCOc1cc(Br)cc(N)c1C#N. The first-order chi connectivity index (χ1) is 6.69. The normalized spacial score (nSPS) is 9.14. The lowest BCUT2D eigenvalue weighted by Crippen LogP contribution is -1.99. The van der Waals surface area contributed by atoms with Crippen molar-refractivity contribution in [1.29, 1.82) is 5.26 Å². The Balaban J connectivity index is 3.12. The van der Waals surface area contributed by atoms with E-state index in [9.17, 15) is 0 Å². The van der Waals surface area contributed by atoms with E-state index in [1.807, 2.05) is 6.07 Å². The molecular formula is C10H9BrN2O. The van der Waals surface area contributed by atoms with Crippen LogP contribution in [0, 0.1) is 11.3 Å². The standard InChI is InChI=1S/C10H9BrN2O/c1-2-3-14-10-5-7(11)4-9(13)8(10)6-12/h2,4-5H,1,3,13H2. The van der Waals surface area contributed by atoms with Crippen LogP contribution in [0.1, 0.15) is 5.56 Å². The Bertz CT molecular complexity index is 396. The molecule has 0 spiro atoms. The Morgan fingerprint density at radius 2 is 2.36 bits per heavy atom. The Morgan fingerprint density at radius 1 is 1.64 bits per heavy atom. The van der Waals surface area contributed by atoms with Gasteiger partial charge in [-0.15, -0.1) is 0 Å². The van der Waals surface area contributed by atoms with Crippen molar-refractivity contribution in [2.24, 2.45) is 0 Å². The number of hydrogen-bond donors (Lipinski definition) is 1. The van der Waals surface area contributed by atoms with Crippen LogP contribution in [-0.4, -0.2) is 6.61 Å². The maximum atomic E-state index is 8.84. The molecule has 72 valence electrons. The number of nitrogens with two attached hydrogens (primary N) is 1. The van der Waals surface area contributed by atoms with Gasteiger partial charge in [0.25, 0.3) is 0 Å². The average molecular weight is 253 g/mol. The Labute approximate surface area is 90.9 Å². The zero-order valence-corrected chi connectivity index (χ0v) is 9.04. The summed E-state index contributed by atoms with van der Waals surface area (Å²) in [5, 5.41) is 8.84. The van der Waals surface area contributed by atoms with Crippen LogP contribution in [-0.2, 0) is 0 Å². The molecule has 0 aliphatic carbocycles. The molecule has 1 rings (SSSR count). The summed E-state index contributed by atoms with van der Waals surface area (Å²) in [5.74, 6) is 0.472. The lowest BCUT2D eigenvalue weighted by molar-refractivity contribution is 0.362. The summed E-state index contributed by atoms with van der Waals surface area (Å²) in [6, 6.07) is 5.37. The van der Waals surface area contributed by atoms with E-state index in [4.69, 9.17) is 15.7 Å². The summed E-state index contributed by atoms with van der Waals surface area (Å²) in [4.78, 5) is 0. The van der Waals surface area contributed by atoms with Gasteiger partial charge in [-0.1, -0.05) is 28.6 Å². The number of ether oxygens (including phenoxy) is 1. The molecule has 0 aromatic heterocycles. The average Bonchev–Trinajstić information content (AvgIpc) is 2.14. The molecule has 0 aliphatic rings. The van der Waals surface area contributed by atoms with Gasteiger partial charge in [0.15, 0.2) is 0 Å². The fourth-order valence-corrected chi connectivity index (χ4v) is 1.44. The third-order valence-electron chi connectivity index (χ3n) is 1.57. The monoisotopic (exact) mass is 252 g/mol. The maximum Gasteiger partial charge on any atom is 0.140 e. The van der Waals surface area contributed by atoms with Gasteiger partial charge in [-0.25, -0.2) is 0 Å². The first kappa shape index (κ1) is 10.6. The van der Waals surface area contributed by atoms with Crippen molar-refractivity contribution in [1.82, 2.24) is 0 Å². The van der Waals surface area contributed by atoms with Gasteiger partial charge in [0.2, 0.25) is 0 Å². The van der Waals surface area contributed by atoms with Gasteiger partial charge in [-0.05, 0) is 12.1 Å². The van der Waals surface area contributed by atoms with Gasteiger partial charge in [0.1, 0.15) is 24.0 Å². The molecule has 1 aromatic rings. The zero-order valence-electron chi connectivity index (χ0n) is 7.46. The molecule has 0 unspecified atom stereocenters. The third-order valence-corrected chi connectivity index (χ3v) is 2.02. The lowest BCUT2D eigenvalue weighted by atomic mass is 10.2. The van der Waals surface area contributed by atoms with Gasteiger partial charge in [0.05, 0.1) is 5.69 Å². The molecule has 0 fully saturated rings. The van der Waals surface area contributed by atoms with E-state index < -0.39 is 0 Å². The van der Waals surface area contributed by atoms with E-state index in [2.05, 4.69) is 22.5 Å². The Kier molecular flexibility index (Phi) is 3.55. The molecule has 3 nitrogen and oxygen atoms in total. The molecule has 0 radical (unpaired) electrons. The summed E-state index contributed by atoms with van der Waals surface area (Å²) < 4.78 is 6.07. The molecule has 0 saturated heterocycles. The van der Waals surface area contributed by atoms with E-state index >= 15 is 0 Å². The summed E-state index contributed by atoms with van der Waals surface area (Å²) in [5.41, 5.74) is 6.41.